The lowest BCUT2D eigenvalue weighted by molar-refractivity contribution is 0.0646. The van der Waals surface area contributed by atoms with Gasteiger partial charge in [-0.3, -0.25) is 0 Å². The number of methoxy groups -OCH3 is 1. The van der Waals surface area contributed by atoms with E-state index in [1.54, 1.807) is 50.1 Å². The number of aliphatic hydroxyl groups is 1. The van der Waals surface area contributed by atoms with Gasteiger partial charge in [0.2, 0.25) is 5.95 Å². The number of aryl methyl sites for hydroxylation is 1. The predicted molar refractivity (Wildman–Crippen MR) is 108 cm³/mol. The van der Waals surface area contributed by atoms with Crippen molar-refractivity contribution in [1.29, 1.82) is 0 Å². The molecule has 0 saturated carbocycles. The van der Waals surface area contributed by atoms with Crippen molar-refractivity contribution in [3.63, 3.8) is 0 Å². The standard InChI is InChI=1S/C19H26N6O3/c1-11(19(2,3)27)22-18-23-16(15-17(24-18)25(4)10-21-15)20-9-12-8-13(28-5)6-7-14(12)26/h6-8,10-11,26-27H,9H2,1-5H3,(H2,20,22,23,24). The van der Waals surface area contributed by atoms with Crippen molar-refractivity contribution in [3.8, 4) is 11.5 Å². The third-order valence-electron chi connectivity index (χ3n) is 4.70. The summed E-state index contributed by atoms with van der Waals surface area (Å²) in [6.45, 7) is 5.63. The van der Waals surface area contributed by atoms with E-state index in [4.69, 9.17) is 4.74 Å². The van der Waals surface area contributed by atoms with Crippen LogP contribution in [0.15, 0.2) is 24.5 Å². The molecule has 9 nitrogen and oxygen atoms in total. The Morgan fingerprint density at radius 2 is 2.04 bits per heavy atom. The summed E-state index contributed by atoms with van der Waals surface area (Å²) >= 11 is 0. The Bertz CT molecular complexity index is 980. The van der Waals surface area contributed by atoms with Crippen molar-refractivity contribution < 1.29 is 14.9 Å². The van der Waals surface area contributed by atoms with E-state index in [-0.39, 0.29) is 11.8 Å². The van der Waals surface area contributed by atoms with Crippen LogP contribution in [0.2, 0.25) is 0 Å². The van der Waals surface area contributed by atoms with Gasteiger partial charge >= 0.3 is 0 Å². The Morgan fingerprint density at radius 3 is 2.71 bits per heavy atom. The lowest BCUT2D eigenvalue weighted by Crippen LogP contribution is -2.39. The Kier molecular flexibility index (Phi) is 5.28. The number of hydrogen-bond donors (Lipinski definition) is 4. The summed E-state index contributed by atoms with van der Waals surface area (Å²) in [4.78, 5) is 13.4. The lowest BCUT2D eigenvalue weighted by Gasteiger charge is -2.26. The molecule has 1 atom stereocenters. The Morgan fingerprint density at radius 1 is 1.29 bits per heavy atom. The Balaban J connectivity index is 1.91. The van der Waals surface area contributed by atoms with Crippen LogP contribution < -0.4 is 15.4 Å². The van der Waals surface area contributed by atoms with Crippen LogP contribution in [0.1, 0.15) is 26.3 Å². The van der Waals surface area contributed by atoms with E-state index in [2.05, 4.69) is 25.6 Å². The van der Waals surface area contributed by atoms with Gasteiger partial charge in [0.1, 0.15) is 11.5 Å². The fourth-order valence-corrected chi connectivity index (χ4v) is 2.57. The minimum atomic E-state index is -0.940. The van der Waals surface area contributed by atoms with Gasteiger partial charge in [-0.15, -0.1) is 0 Å². The summed E-state index contributed by atoms with van der Waals surface area (Å²) in [6, 6.07) is 4.77. The quantitative estimate of drug-likeness (QED) is 0.488. The lowest BCUT2D eigenvalue weighted by atomic mass is 10.0. The summed E-state index contributed by atoms with van der Waals surface area (Å²) in [5, 5.41) is 26.6. The zero-order valence-electron chi connectivity index (χ0n) is 16.7. The van der Waals surface area contributed by atoms with Crippen LogP contribution in [0, 0.1) is 0 Å². The normalized spacial score (nSPS) is 12.8. The van der Waals surface area contributed by atoms with Crippen molar-refractivity contribution in [2.24, 2.45) is 7.05 Å². The van der Waals surface area contributed by atoms with Gasteiger partial charge in [-0.05, 0) is 39.0 Å². The molecule has 28 heavy (non-hydrogen) atoms. The first-order valence-corrected chi connectivity index (χ1v) is 8.96. The fraction of sp³-hybridized carbons (Fsp3) is 0.421. The summed E-state index contributed by atoms with van der Waals surface area (Å²) in [6.07, 6.45) is 1.66. The summed E-state index contributed by atoms with van der Waals surface area (Å²) < 4.78 is 7.01. The number of hydrogen-bond acceptors (Lipinski definition) is 8. The maximum atomic E-state index is 10.2. The maximum Gasteiger partial charge on any atom is 0.227 e. The topological polar surface area (TPSA) is 117 Å². The van der Waals surface area contributed by atoms with Crippen molar-refractivity contribution in [3.05, 3.63) is 30.1 Å². The summed E-state index contributed by atoms with van der Waals surface area (Å²) in [5.41, 5.74) is 0.996. The van der Waals surface area contributed by atoms with Crippen LogP contribution in [-0.2, 0) is 13.6 Å². The first-order valence-electron chi connectivity index (χ1n) is 8.96. The van der Waals surface area contributed by atoms with E-state index in [1.807, 2.05) is 14.0 Å². The molecular weight excluding hydrogens is 360 g/mol. The molecule has 0 radical (unpaired) electrons. The number of nitrogens with one attached hydrogen (secondary N) is 2. The van der Waals surface area contributed by atoms with E-state index in [0.29, 0.717) is 40.8 Å². The minimum absolute atomic E-state index is 0.161. The number of imidazole rings is 1. The monoisotopic (exact) mass is 386 g/mol. The number of rotatable bonds is 7. The van der Waals surface area contributed by atoms with E-state index in [9.17, 15) is 10.2 Å². The molecule has 0 aliphatic rings. The number of nitrogens with zero attached hydrogens (tertiary/aromatic N) is 4. The van der Waals surface area contributed by atoms with Crippen LogP contribution in [0.3, 0.4) is 0 Å². The highest BCUT2D eigenvalue weighted by Crippen LogP contribution is 2.26. The zero-order valence-corrected chi connectivity index (χ0v) is 16.7. The average Bonchev–Trinajstić information content (AvgIpc) is 3.01. The zero-order chi connectivity index (χ0) is 20.5. The van der Waals surface area contributed by atoms with E-state index in [0.717, 1.165) is 0 Å². The van der Waals surface area contributed by atoms with Crippen LogP contribution in [-0.4, -0.2) is 48.5 Å². The third-order valence-corrected chi connectivity index (χ3v) is 4.70. The molecule has 1 unspecified atom stereocenters. The van der Waals surface area contributed by atoms with Crippen LogP contribution in [0.25, 0.3) is 11.2 Å². The first-order chi connectivity index (χ1) is 13.2. The molecular formula is C19H26N6O3. The van der Waals surface area contributed by atoms with Crippen LogP contribution >= 0.6 is 0 Å². The van der Waals surface area contributed by atoms with Gasteiger partial charge in [0.25, 0.3) is 0 Å². The number of fused-ring (bicyclic) bond motifs is 1. The number of phenols is 1. The number of aromatic nitrogens is 4. The summed E-state index contributed by atoms with van der Waals surface area (Å²) in [7, 11) is 3.43. The van der Waals surface area contributed by atoms with Crippen molar-refractivity contribution in [2.75, 3.05) is 17.7 Å². The molecule has 150 valence electrons. The second-order valence-electron chi connectivity index (χ2n) is 7.29. The molecule has 0 aliphatic heterocycles. The number of anilines is 2. The van der Waals surface area contributed by atoms with Gasteiger partial charge in [0.15, 0.2) is 17.0 Å². The second kappa shape index (κ2) is 7.51. The molecule has 2 aromatic heterocycles. The van der Waals surface area contributed by atoms with Crippen molar-refractivity contribution in [2.45, 2.75) is 39.0 Å². The van der Waals surface area contributed by atoms with Gasteiger partial charge < -0.3 is 30.2 Å². The molecule has 2 heterocycles. The molecule has 0 spiro atoms. The van der Waals surface area contributed by atoms with E-state index in [1.165, 1.54) is 0 Å². The molecule has 1 aromatic carbocycles. The second-order valence-corrected chi connectivity index (χ2v) is 7.29. The van der Waals surface area contributed by atoms with Gasteiger partial charge in [0.05, 0.1) is 25.1 Å². The predicted octanol–water partition coefficient (Wildman–Crippen LogP) is 2.26. The molecule has 3 rings (SSSR count). The van der Waals surface area contributed by atoms with Gasteiger partial charge in [-0.2, -0.15) is 9.97 Å². The van der Waals surface area contributed by atoms with Gasteiger partial charge in [-0.25, -0.2) is 4.98 Å². The highest BCUT2D eigenvalue weighted by Gasteiger charge is 2.23. The Labute approximate surface area is 163 Å². The molecule has 0 saturated heterocycles. The molecule has 9 heteroatoms. The number of aromatic hydroxyl groups is 1. The molecule has 0 aliphatic carbocycles. The minimum Gasteiger partial charge on any atom is -0.508 e. The van der Waals surface area contributed by atoms with E-state index >= 15 is 0 Å². The van der Waals surface area contributed by atoms with E-state index < -0.39 is 5.60 Å². The van der Waals surface area contributed by atoms with Crippen molar-refractivity contribution >= 4 is 22.9 Å². The molecule has 0 amide bonds. The van der Waals surface area contributed by atoms with Crippen LogP contribution in [0.5, 0.6) is 11.5 Å². The molecule has 4 N–H and O–H groups in total. The fourth-order valence-electron chi connectivity index (χ4n) is 2.57. The van der Waals surface area contributed by atoms with Crippen LogP contribution in [0.4, 0.5) is 11.8 Å². The maximum absolute atomic E-state index is 10.2. The largest absolute Gasteiger partial charge is 0.508 e. The highest BCUT2D eigenvalue weighted by atomic mass is 16.5. The summed E-state index contributed by atoms with van der Waals surface area (Å²) in [5.74, 6) is 1.72. The SMILES string of the molecule is COc1ccc(O)c(CNc2nc(NC(C)C(C)(C)O)nc3c2ncn3C)c1. The van der Waals surface area contributed by atoms with Gasteiger partial charge in [0, 0.05) is 19.2 Å². The smallest absolute Gasteiger partial charge is 0.227 e. The van der Waals surface area contributed by atoms with Crippen molar-refractivity contribution in [1.82, 2.24) is 19.5 Å². The first kappa shape index (κ1) is 19.7. The van der Waals surface area contributed by atoms with Gasteiger partial charge in [-0.1, -0.05) is 0 Å². The molecule has 0 fully saturated rings. The Hall–Kier alpha value is -3.07. The number of ether oxygens (including phenoxy) is 1. The third kappa shape index (κ3) is 4.09. The average molecular weight is 386 g/mol. The number of benzene rings is 1. The molecule has 3 aromatic rings. The number of phenolic OH excluding ortho intramolecular Hbond substituents is 1. The molecule has 0 bridgehead atoms. The highest BCUT2D eigenvalue weighted by molar-refractivity contribution is 5.84.